The molecule has 0 atom stereocenters. The molecule has 4 aromatic rings. The Hall–Kier alpha value is -4.11. The summed E-state index contributed by atoms with van der Waals surface area (Å²) in [6, 6.07) is 15.4. The maximum Gasteiger partial charge on any atom is 0.251 e. The lowest BCUT2D eigenvalue weighted by atomic mass is 10.1. The summed E-state index contributed by atoms with van der Waals surface area (Å²) in [5, 5.41) is 7.65. The van der Waals surface area contributed by atoms with Crippen LogP contribution in [0.5, 0.6) is 0 Å². The van der Waals surface area contributed by atoms with Gasteiger partial charge in [-0.1, -0.05) is 30.0 Å². The highest BCUT2D eigenvalue weighted by molar-refractivity contribution is 5.95. The van der Waals surface area contributed by atoms with E-state index in [4.69, 9.17) is 0 Å². The van der Waals surface area contributed by atoms with Crippen LogP contribution in [0.15, 0.2) is 61.1 Å². The van der Waals surface area contributed by atoms with Gasteiger partial charge >= 0.3 is 0 Å². The van der Waals surface area contributed by atoms with Gasteiger partial charge in [-0.25, -0.2) is 9.67 Å². The number of hydrogen-bond donors (Lipinski definition) is 2. The van der Waals surface area contributed by atoms with Crippen LogP contribution >= 0.6 is 0 Å². The van der Waals surface area contributed by atoms with Gasteiger partial charge in [0.2, 0.25) is 0 Å². The van der Waals surface area contributed by atoms with Gasteiger partial charge in [0.05, 0.1) is 23.3 Å². The molecule has 0 saturated carbocycles. The predicted molar refractivity (Wildman–Crippen MR) is 125 cm³/mol. The lowest BCUT2D eigenvalue weighted by Crippen LogP contribution is -2.26. The van der Waals surface area contributed by atoms with E-state index in [1.165, 1.54) is 0 Å². The Labute approximate surface area is 187 Å². The van der Waals surface area contributed by atoms with Crippen molar-refractivity contribution in [2.24, 2.45) is 0 Å². The number of nitrogens with one attached hydrogen (secondary N) is 2. The third-order valence-corrected chi connectivity index (χ3v) is 5.49. The van der Waals surface area contributed by atoms with Crippen molar-refractivity contribution in [1.29, 1.82) is 0 Å². The second-order valence-electron chi connectivity index (χ2n) is 7.64. The molecular formula is C26H25N5O. The Balaban J connectivity index is 1.65. The van der Waals surface area contributed by atoms with Gasteiger partial charge in [0.1, 0.15) is 0 Å². The van der Waals surface area contributed by atoms with Crippen LogP contribution < -0.4 is 5.32 Å². The molecule has 0 spiro atoms. The maximum absolute atomic E-state index is 12.8. The van der Waals surface area contributed by atoms with Gasteiger partial charge in [0.25, 0.3) is 5.91 Å². The maximum atomic E-state index is 12.8. The lowest BCUT2D eigenvalue weighted by molar-refractivity contribution is 0.0954. The molecule has 0 aliphatic carbocycles. The van der Waals surface area contributed by atoms with E-state index >= 15 is 0 Å². The van der Waals surface area contributed by atoms with Crippen LogP contribution in [0.2, 0.25) is 0 Å². The Morgan fingerprint density at radius 1 is 1.09 bits per heavy atom. The first-order valence-electron chi connectivity index (χ1n) is 10.5. The Morgan fingerprint density at radius 3 is 2.59 bits per heavy atom. The molecule has 6 nitrogen and oxygen atoms in total. The summed E-state index contributed by atoms with van der Waals surface area (Å²) in [7, 11) is 0. The van der Waals surface area contributed by atoms with Crippen molar-refractivity contribution in [3.63, 3.8) is 0 Å². The number of hydrogen-bond acceptors (Lipinski definition) is 3. The number of H-pyrrole nitrogens is 1. The van der Waals surface area contributed by atoms with Gasteiger partial charge in [-0.3, -0.25) is 4.79 Å². The summed E-state index contributed by atoms with van der Waals surface area (Å²) in [5.41, 5.74) is 7.25. The zero-order valence-electron chi connectivity index (χ0n) is 18.4. The Kier molecular flexibility index (Phi) is 6.18. The smallest absolute Gasteiger partial charge is 0.251 e. The number of carbonyl (C=O) groups excluding carboxylic acids is 1. The van der Waals surface area contributed by atoms with E-state index in [0.717, 1.165) is 39.5 Å². The highest BCUT2D eigenvalue weighted by Gasteiger charge is 2.14. The molecule has 32 heavy (non-hydrogen) atoms. The Morgan fingerprint density at radius 2 is 1.91 bits per heavy atom. The van der Waals surface area contributed by atoms with Gasteiger partial charge in [0.15, 0.2) is 0 Å². The van der Waals surface area contributed by atoms with Crippen molar-refractivity contribution >= 4 is 5.91 Å². The molecule has 0 bridgehead atoms. The van der Waals surface area contributed by atoms with Crippen LogP contribution in [-0.4, -0.2) is 32.2 Å². The van der Waals surface area contributed by atoms with E-state index in [1.807, 2.05) is 67.1 Å². The second-order valence-corrected chi connectivity index (χ2v) is 7.64. The summed E-state index contributed by atoms with van der Waals surface area (Å²) >= 11 is 0. The normalized spacial score (nSPS) is 10.5. The largest absolute Gasteiger partial charge is 0.352 e. The van der Waals surface area contributed by atoms with Gasteiger partial charge in [0, 0.05) is 41.7 Å². The summed E-state index contributed by atoms with van der Waals surface area (Å²) in [6.07, 6.45) is 4.08. The number of amides is 1. The average molecular weight is 424 g/mol. The first-order chi connectivity index (χ1) is 15.5. The zero-order valence-corrected chi connectivity index (χ0v) is 18.4. The number of aromatic amines is 1. The van der Waals surface area contributed by atoms with Crippen molar-refractivity contribution in [3.8, 4) is 17.5 Å². The highest BCUT2D eigenvalue weighted by atomic mass is 16.1. The average Bonchev–Trinajstić information content (AvgIpc) is 3.42. The topological polar surface area (TPSA) is 75.6 Å². The van der Waals surface area contributed by atoms with Crippen LogP contribution in [0.1, 0.15) is 44.1 Å². The van der Waals surface area contributed by atoms with Crippen molar-refractivity contribution in [2.75, 3.05) is 6.54 Å². The molecular weight excluding hydrogens is 398 g/mol. The number of carbonyl (C=O) groups is 1. The molecule has 160 valence electrons. The quantitative estimate of drug-likeness (QED) is 0.478. The van der Waals surface area contributed by atoms with E-state index in [-0.39, 0.29) is 5.91 Å². The standard InChI is InChI=1S/C26H25N5O/c1-18-19(2)30-31(20(18)3)25-12-11-23(26(32)28-14-13-24-16-27-17-29-24)15-22(25)10-9-21-7-5-4-6-8-21/h4-8,11-12,15-17H,13-14H2,1-3H3,(H,27,29)(H,28,32). The molecule has 2 heterocycles. The van der Waals surface area contributed by atoms with Crippen LogP contribution in [0, 0.1) is 32.6 Å². The van der Waals surface area contributed by atoms with E-state index in [0.29, 0.717) is 18.5 Å². The molecule has 2 aromatic heterocycles. The molecule has 2 N–H and O–H groups in total. The van der Waals surface area contributed by atoms with E-state index in [2.05, 4.69) is 39.1 Å². The van der Waals surface area contributed by atoms with Crippen molar-refractivity contribution in [3.05, 3.63) is 100 Å². The molecule has 0 aliphatic rings. The molecule has 4 rings (SSSR count). The molecule has 0 fully saturated rings. The summed E-state index contributed by atoms with van der Waals surface area (Å²) in [6.45, 7) is 6.62. The van der Waals surface area contributed by atoms with Crippen LogP contribution in [0.4, 0.5) is 0 Å². The summed E-state index contributed by atoms with van der Waals surface area (Å²) in [5.74, 6) is 6.32. The minimum atomic E-state index is -0.136. The second kappa shape index (κ2) is 9.36. The van der Waals surface area contributed by atoms with Gasteiger partial charge in [-0.2, -0.15) is 5.10 Å². The highest BCUT2D eigenvalue weighted by Crippen LogP contribution is 2.21. The third-order valence-electron chi connectivity index (χ3n) is 5.49. The minimum Gasteiger partial charge on any atom is -0.352 e. The first-order valence-corrected chi connectivity index (χ1v) is 10.5. The Bertz CT molecular complexity index is 1290. The van der Waals surface area contributed by atoms with Crippen molar-refractivity contribution in [1.82, 2.24) is 25.1 Å². The number of rotatable bonds is 5. The monoisotopic (exact) mass is 423 g/mol. The van der Waals surface area contributed by atoms with Gasteiger partial charge in [-0.05, 0) is 56.7 Å². The number of nitrogens with zero attached hydrogens (tertiary/aromatic N) is 3. The van der Waals surface area contributed by atoms with Crippen LogP contribution in [0.25, 0.3) is 5.69 Å². The predicted octanol–water partition coefficient (Wildman–Crippen LogP) is 3.89. The molecule has 1 amide bonds. The lowest BCUT2D eigenvalue weighted by Gasteiger charge is -2.10. The number of aryl methyl sites for hydroxylation is 1. The molecule has 6 heteroatoms. The summed E-state index contributed by atoms with van der Waals surface area (Å²) < 4.78 is 1.90. The summed E-state index contributed by atoms with van der Waals surface area (Å²) in [4.78, 5) is 19.8. The van der Waals surface area contributed by atoms with Crippen molar-refractivity contribution in [2.45, 2.75) is 27.2 Å². The van der Waals surface area contributed by atoms with E-state index in [9.17, 15) is 4.79 Å². The third kappa shape index (κ3) is 4.62. The molecule has 0 saturated heterocycles. The minimum absolute atomic E-state index is 0.136. The fourth-order valence-electron chi connectivity index (χ4n) is 3.41. The number of benzene rings is 2. The van der Waals surface area contributed by atoms with Gasteiger partial charge < -0.3 is 10.3 Å². The number of imidazole rings is 1. The fourth-order valence-corrected chi connectivity index (χ4v) is 3.41. The molecule has 2 aromatic carbocycles. The zero-order chi connectivity index (χ0) is 22.5. The van der Waals surface area contributed by atoms with Crippen LogP contribution in [-0.2, 0) is 6.42 Å². The SMILES string of the molecule is Cc1nn(-c2ccc(C(=O)NCCc3cnc[nH]3)cc2C#Cc2ccccc2)c(C)c1C. The fraction of sp³-hybridized carbons (Fsp3) is 0.192. The van der Waals surface area contributed by atoms with E-state index < -0.39 is 0 Å². The van der Waals surface area contributed by atoms with Gasteiger partial charge in [-0.15, -0.1) is 0 Å². The van der Waals surface area contributed by atoms with Crippen LogP contribution in [0.3, 0.4) is 0 Å². The molecule has 0 radical (unpaired) electrons. The molecule has 0 unspecified atom stereocenters. The van der Waals surface area contributed by atoms with Crippen molar-refractivity contribution < 1.29 is 4.79 Å². The van der Waals surface area contributed by atoms with E-state index in [1.54, 1.807) is 12.5 Å². The first kappa shape index (κ1) is 21.1. The number of aromatic nitrogens is 4. The molecule has 0 aliphatic heterocycles.